The number of pyridine rings is 1. The fourth-order valence-corrected chi connectivity index (χ4v) is 3.86. The minimum Gasteiger partial charge on any atom is -0.457 e. The zero-order chi connectivity index (χ0) is 20.1. The number of thiazole rings is 1. The van der Waals surface area contributed by atoms with Crippen molar-refractivity contribution >= 4 is 34.1 Å². The second-order valence-electron chi connectivity index (χ2n) is 5.94. The van der Waals surface area contributed by atoms with Gasteiger partial charge in [0.25, 0.3) is 0 Å². The zero-order valence-electron chi connectivity index (χ0n) is 15.3. The summed E-state index contributed by atoms with van der Waals surface area (Å²) in [5.41, 5.74) is 0.575. The molecule has 1 amide bonds. The molecule has 0 saturated carbocycles. The van der Waals surface area contributed by atoms with E-state index >= 15 is 0 Å². The third-order valence-electron chi connectivity index (χ3n) is 3.61. The molecule has 29 heavy (non-hydrogen) atoms. The highest BCUT2D eigenvalue weighted by molar-refractivity contribution is 7.99. The number of ether oxygens (including phenoxy) is 1. The molecule has 0 bridgehead atoms. The van der Waals surface area contributed by atoms with Crippen LogP contribution in [-0.4, -0.2) is 31.1 Å². The molecular weight excluding hydrogens is 408 g/mol. The minimum absolute atomic E-state index is 0.0918. The number of carbonyl (C=O) groups excluding carboxylic acids is 1. The molecule has 0 aliphatic rings. The normalized spacial score (nSPS) is 10.7. The number of aromatic amines is 1. The van der Waals surface area contributed by atoms with Crippen molar-refractivity contribution in [3.05, 3.63) is 65.6 Å². The van der Waals surface area contributed by atoms with Gasteiger partial charge in [-0.2, -0.15) is 5.10 Å². The summed E-state index contributed by atoms with van der Waals surface area (Å²) in [6.45, 7) is 1.94. The van der Waals surface area contributed by atoms with E-state index in [4.69, 9.17) is 4.74 Å². The van der Waals surface area contributed by atoms with E-state index in [9.17, 15) is 4.79 Å². The zero-order valence-corrected chi connectivity index (χ0v) is 17.0. The lowest BCUT2D eigenvalue weighted by atomic mass is 10.2. The number of amides is 1. The summed E-state index contributed by atoms with van der Waals surface area (Å²) in [5, 5.41) is 11.2. The van der Waals surface area contributed by atoms with Gasteiger partial charge in [0.1, 0.15) is 22.9 Å². The topological polar surface area (TPSA) is 106 Å². The van der Waals surface area contributed by atoms with E-state index in [0.717, 1.165) is 4.88 Å². The Morgan fingerprint density at radius 1 is 1.21 bits per heavy atom. The number of aromatic nitrogens is 5. The Bertz CT molecular complexity index is 1100. The Kier molecular flexibility index (Phi) is 5.82. The van der Waals surface area contributed by atoms with Gasteiger partial charge >= 0.3 is 0 Å². The molecule has 3 aromatic heterocycles. The minimum atomic E-state index is -0.195. The van der Waals surface area contributed by atoms with Crippen LogP contribution in [0.15, 0.2) is 65.2 Å². The van der Waals surface area contributed by atoms with Crippen LogP contribution in [-0.2, 0) is 11.2 Å². The van der Waals surface area contributed by atoms with Gasteiger partial charge in [-0.1, -0.05) is 18.2 Å². The third-order valence-corrected chi connectivity index (χ3v) is 5.25. The molecule has 8 nitrogen and oxygen atoms in total. The van der Waals surface area contributed by atoms with Crippen molar-refractivity contribution in [2.75, 3.05) is 5.32 Å². The van der Waals surface area contributed by atoms with Gasteiger partial charge in [-0.05, 0) is 30.8 Å². The number of nitrogens with zero attached hydrogens (tertiary/aromatic N) is 4. The van der Waals surface area contributed by atoms with Gasteiger partial charge in [0, 0.05) is 23.2 Å². The van der Waals surface area contributed by atoms with Gasteiger partial charge in [-0.15, -0.1) is 11.3 Å². The molecule has 3 heterocycles. The average Bonchev–Trinajstić information content (AvgIpc) is 3.34. The summed E-state index contributed by atoms with van der Waals surface area (Å²) in [7, 11) is 0. The van der Waals surface area contributed by atoms with Gasteiger partial charge < -0.3 is 10.1 Å². The Hall–Kier alpha value is -3.24. The van der Waals surface area contributed by atoms with Crippen LogP contribution >= 0.6 is 23.1 Å². The molecule has 4 rings (SSSR count). The maximum Gasteiger partial charge on any atom is 0.232 e. The lowest BCUT2D eigenvalue weighted by molar-refractivity contribution is -0.115. The van der Waals surface area contributed by atoms with E-state index in [1.807, 2.05) is 37.3 Å². The molecule has 0 aliphatic carbocycles. The monoisotopic (exact) mass is 424 g/mol. The van der Waals surface area contributed by atoms with Crippen molar-refractivity contribution < 1.29 is 9.53 Å². The number of nitrogens with one attached hydrogen (secondary N) is 2. The maximum absolute atomic E-state index is 12.4. The first kappa shape index (κ1) is 19.1. The summed E-state index contributed by atoms with van der Waals surface area (Å²) in [5.74, 6) is 1.09. The molecular formula is C19H16N6O2S2. The largest absolute Gasteiger partial charge is 0.457 e. The second kappa shape index (κ2) is 8.84. The number of anilines is 1. The first-order valence-corrected chi connectivity index (χ1v) is 10.3. The van der Waals surface area contributed by atoms with E-state index in [0.29, 0.717) is 32.5 Å². The van der Waals surface area contributed by atoms with E-state index in [1.54, 1.807) is 18.3 Å². The van der Waals surface area contributed by atoms with Gasteiger partial charge in [0.2, 0.25) is 5.91 Å². The van der Waals surface area contributed by atoms with Gasteiger partial charge in [0.15, 0.2) is 10.3 Å². The van der Waals surface area contributed by atoms with Crippen LogP contribution in [0.5, 0.6) is 11.5 Å². The predicted molar refractivity (Wildman–Crippen MR) is 110 cm³/mol. The summed E-state index contributed by atoms with van der Waals surface area (Å²) in [6, 6.07) is 13.0. The smallest absolute Gasteiger partial charge is 0.232 e. The van der Waals surface area contributed by atoms with Crippen LogP contribution in [0, 0.1) is 6.92 Å². The van der Waals surface area contributed by atoms with Crippen LogP contribution in [0.3, 0.4) is 0 Å². The van der Waals surface area contributed by atoms with E-state index < -0.39 is 0 Å². The first-order valence-electron chi connectivity index (χ1n) is 8.63. The third kappa shape index (κ3) is 5.39. The molecule has 0 unspecified atom stereocenters. The fraction of sp³-hybridized carbons (Fsp3) is 0.105. The molecule has 0 aliphatic heterocycles. The second-order valence-corrected chi connectivity index (χ2v) is 8.19. The molecule has 0 spiro atoms. The highest BCUT2D eigenvalue weighted by Gasteiger charge is 2.12. The first-order chi connectivity index (χ1) is 14.1. The average molecular weight is 425 g/mol. The van der Waals surface area contributed by atoms with Crippen molar-refractivity contribution in [1.29, 1.82) is 0 Å². The lowest BCUT2D eigenvalue weighted by Crippen LogP contribution is -2.15. The predicted octanol–water partition coefficient (Wildman–Crippen LogP) is 4.09. The Labute approximate surface area is 174 Å². The number of H-pyrrole nitrogens is 1. The van der Waals surface area contributed by atoms with Crippen LogP contribution in [0.25, 0.3) is 0 Å². The van der Waals surface area contributed by atoms with Gasteiger partial charge in [0.05, 0.1) is 12.1 Å². The Balaban J connectivity index is 1.55. The van der Waals surface area contributed by atoms with Gasteiger partial charge in [-0.3, -0.25) is 9.89 Å². The van der Waals surface area contributed by atoms with Crippen LogP contribution < -0.4 is 10.1 Å². The van der Waals surface area contributed by atoms with Crippen LogP contribution in [0.2, 0.25) is 0 Å². The van der Waals surface area contributed by atoms with Crippen molar-refractivity contribution in [1.82, 2.24) is 25.1 Å². The molecule has 0 radical (unpaired) electrons. The van der Waals surface area contributed by atoms with Crippen LogP contribution in [0.1, 0.15) is 10.6 Å². The van der Waals surface area contributed by atoms with Crippen molar-refractivity contribution in [2.24, 2.45) is 0 Å². The molecule has 2 N–H and O–H groups in total. The number of benzene rings is 1. The SMILES string of the molecule is Cc1cnc(NC(=O)Cc2cc(Oc3ccccc3)cc(Sc3ncn[nH]3)n2)s1. The quantitative estimate of drug-likeness (QED) is 0.460. The van der Waals surface area contributed by atoms with E-state index in [2.05, 4.69) is 30.5 Å². The highest BCUT2D eigenvalue weighted by atomic mass is 32.2. The standard InChI is InChI=1S/C19H16N6O2S2/c1-12-10-20-18(28-12)24-16(26)8-13-7-15(27-14-5-3-2-4-6-14)9-17(23-13)29-19-21-11-22-25-19/h2-7,9-11H,8H2,1H3,(H,20,24,26)(H,21,22,25). The summed E-state index contributed by atoms with van der Waals surface area (Å²) in [4.78, 5) is 26.3. The molecule has 0 saturated heterocycles. The summed E-state index contributed by atoms with van der Waals surface area (Å²) < 4.78 is 5.94. The van der Waals surface area contributed by atoms with Crippen LogP contribution in [0.4, 0.5) is 5.13 Å². The van der Waals surface area contributed by atoms with Crippen molar-refractivity contribution in [3.8, 4) is 11.5 Å². The number of carbonyl (C=O) groups is 1. The highest BCUT2D eigenvalue weighted by Crippen LogP contribution is 2.29. The summed E-state index contributed by atoms with van der Waals surface area (Å²) >= 11 is 2.73. The molecule has 4 aromatic rings. The van der Waals surface area contributed by atoms with Gasteiger partial charge in [-0.25, -0.2) is 15.0 Å². The summed E-state index contributed by atoms with van der Waals surface area (Å²) in [6.07, 6.45) is 3.24. The molecule has 1 aromatic carbocycles. The fourth-order valence-electron chi connectivity index (χ4n) is 2.44. The lowest BCUT2D eigenvalue weighted by Gasteiger charge is -2.10. The number of rotatable bonds is 7. The molecule has 0 atom stereocenters. The van der Waals surface area contributed by atoms with E-state index in [1.165, 1.54) is 29.4 Å². The number of para-hydroxylation sites is 1. The van der Waals surface area contributed by atoms with Crippen molar-refractivity contribution in [2.45, 2.75) is 23.5 Å². The Morgan fingerprint density at radius 3 is 2.79 bits per heavy atom. The molecule has 10 heteroatoms. The van der Waals surface area contributed by atoms with E-state index in [-0.39, 0.29) is 12.3 Å². The molecule has 0 fully saturated rings. The number of aryl methyl sites for hydroxylation is 1. The number of hydrogen-bond donors (Lipinski definition) is 2. The Morgan fingerprint density at radius 2 is 2.07 bits per heavy atom. The molecule has 146 valence electrons. The van der Waals surface area contributed by atoms with Crippen molar-refractivity contribution in [3.63, 3.8) is 0 Å². The number of hydrogen-bond acceptors (Lipinski definition) is 8. The maximum atomic E-state index is 12.4.